The Labute approximate surface area is 96.0 Å². The van der Waals surface area contributed by atoms with Gasteiger partial charge in [0.1, 0.15) is 0 Å². The monoisotopic (exact) mass is 218 g/mol. The third-order valence-electron chi connectivity index (χ3n) is 3.34. The maximum atomic E-state index is 11.3. The molecule has 0 saturated carbocycles. The number of nitrogens with one attached hydrogen (secondary N) is 1. The minimum absolute atomic E-state index is 0.124. The van der Waals surface area contributed by atoms with E-state index in [9.17, 15) is 4.79 Å². The molecule has 1 aliphatic heterocycles. The highest BCUT2D eigenvalue weighted by molar-refractivity contribution is 5.77. The predicted molar refractivity (Wildman–Crippen MR) is 64.1 cm³/mol. The van der Waals surface area contributed by atoms with Gasteiger partial charge in [0.15, 0.2) is 0 Å². The van der Waals surface area contributed by atoms with Crippen LogP contribution in [0.2, 0.25) is 0 Å². The van der Waals surface area contributed by atoms with E-state index in [0.29, 0.717) is 25.4 Å². The topological polar surface area (TPSA) is 55.1 Å². The second-order valence-corrected chi connectivity index (χ2v) is 4.52. The van der Waals surface area contributed by atoms with E-state index in [0.717, 1.165) is 0 Å². The van der Waals surface area contributed by atoms with Crippen molar-refractivity contribution in [1.29, 1.82) is 0 Å². The van der Waals surface area contributed by atoms with Crippen molar-refractivity contribution in [2.24, 2.45) is 11.7 Å². The summed E-state index contributed by atoms with van der Waals surface area (Å²) in [7, 11) is 0. The number of hydrogen-bond acceptors (Lipinski definition) is 2. The summed E-state index contributed by atoms with van der Waals surface area (Å²) in [5, 5.41) is 2.92. The van der Waals surface area contributed by atoms with Gasteiger partial charge in [-0.05, 0) is 24.9 Å². The number of amides is 1. The van der Waals surface area contributed by atoms with Crippen LogP contribution in [0.3, 0.4) is 0 Å². The van der Waals surface area contributed by atoms with Gasteiger partial charge in [0, 0.05) is 18.9 Å². The first-order valence-electron chi connectivity index (χ1n) is 5.74. The zero-order valence-electron chi connectivity index (χ0n) is 9.57. The van der Waals surface area contributed by atoms with Crippen molar-refractivity contribution < 1.29 is 4.79 Å². The largest absolute Gasteiger partial charge is 0.355 e. The lowest BCUT2D eigenvalue weighted by atomic mass is 9.81. The highest BCUT2D eigenvalue weighted by Crippen LogP contribution is 2.29. The molecule has 3 N–H and O–H groups in total. The first-order chi connectivity index (χ1) is 7.70. The van der Waals surface area contributed by atoms with Crippen LogP contribution in [0.4, 0.5) is 0 Å². The molecule has 16 heavy (non-hydrogen) atoms. The van der Waals surface area contributed by atoms with E-state index in [2.05, 4.69) is 36.5 Å². The standard InChI is InChI=1S/C13H18N2O/c1-9-2-4-10(5-3-9)12-8-15-13(16)6-11(12)7-14/h2-5,11-12H,6-8,14H2,1H3,(H,15,16). The van der Waals surface area contributed by atoms with Gasteiger partial charge in [-0.2, -0.15) is 0 Å². The Morgan fingerprint density at radius 2 is 2.06 bits per heavy atom. The summed E-state index contributed by atoms with van der Waals surface area (Å²) in [6.45, 7) is 3.36. The van der Waals surface area contributed by atoms with E-state index >= 15 is 0 Å². The molecular formula is C13H18N2O. The van der Waals surface area contributed by atoms with Crippen molar-refractivity contribution >= 4 is 5.91 Å². The van der Waals surface area contributed by atoms with Gasteiger partial charge in [-0.3, -0.25) is 4.79 Å². The Morgan fingerprint density at radius 1 is 1.38 bits per heavy atom. The zero-order chi connectivity index (χ0) is 11.5. The molecule has 2 rings (SSSR count). The first-order valence-corrected chi connectivity index (χ1v) is 5.74. The number of rotatable bonds is 2. The van der Waals surface area contributed by atoms with Gasteiger partial charge in [-0.25, -0.2) is 0 Å². The molecule has 0 spiro atoms. The van der Waals surface area contributed by atoms with Crippen molar-refractivity contribution in [3.8, 4) is 0 Å². The van der Waals surface area contributed by atoms with Crippen molar-refractivity contribution in [3.63, 3.8) is 0 Å². The highest BCUT2D eigenvalue weighted by Gasteiger charge is 2.28. The number of carbonyl (C=O) groups is 1. The third kappa shape index (κ3) is 2.25. The second-order valence-electron chi connectivity index (χ2n) is 4.52. The molecule has 1 aliphatic rings. The third-order valence-corrected chi connectivity index (χ3v) is 3.34. The molecule has 0 aliphatic carbocycles. The van der Waals surface area contributed by atoms with Crippen LogP contribution < -0.4 is 11.1 Å². The Kier molecular flexibility index (Phi) is 3.25. The second kappa shape index (κ2) is 4.66. The van der Waals surface area contributed by atoms with Crippen molar-refractivity contribution in [1.82, 2.24) is 5.32 Å². The number of benzene rings is 1. The van der Waals surface area contributed by atoms with E-state index in [1.807, 2.05) is 0 Å². The quantitative estimate of drug-likeness (QED) is 0.783. The minimum atomic E-state index is 0.124. The Hall–Kier alpha value is -1.35. The van der Waals surface area contributed by atoms with E-state index < -0.39 is 0 Å². The number of nitrogens with two attached hydrogens (primary N) is 1. The van der Waals surface area contributed by atoms with Gasteiger partial charge < -0.3 is 11.1 Å². The van der Waals surface area contributed by atoms with Crippen LogP contribution in [-0.4, -0.2) is 19.0 Å². The van der Waals surface area contributed by atoms with Gasteiger partial charge in [0.2, 0.25) is 5.91 Å². The molecule has 1 aromatic rings. The SMILES string of the molecule is Cc1ccc(C2CNC(=O)CC2CN)cc1. The molecule has 2 atom stereocenters. The number of piperidine rings is 1. The van der Waals surface area contributed by atoms with Gasteiger partial charge in [0.05, 0.1) is 0 Å². The van der Waals surface area contributed by atoms with Gasteiger partial charge in [-0.1, -0.05) is 29.8 Å². The smallest absolute Gasteiger partial charge is 0.220 e. The fraction of sp³-hybridized carbons (Fsp3) is 0.462. The van der Waals surface area contributed by atoms with Crippen molar-refractivity contribution in [3.05, 3.63) is 35.4 Å². The summed E-state index contributed by atoms with van der Waals surface area (Å²) < 4.78 is 0. The average molecular weight is 218 g/mol. The Balaban J connectivity index is 2.18. The molecule has 3 heteroatoms. The molecular weight excluding hydrogens is 200 g/mol. The molecule has 0 radical (unpaired) electrons. The molecule has 86 valence electrons. The summed E-state index contributed by atoms with van der Waals surface area (Å²) in [5.74, 6) is 0.763. The van der Waals surface area contributed by atoms with Gasteiger partial charge in [-0.15, -0.1) is 0 Å². The van der Waals surface area contributed by atoms with Crippen LogP contribution >= 0.6 is 0 Å². The summed E-state index contributed by atoms with van der Waals surface area (Å²) in [6.07, 6.45) is 0.551. The molecule has 2 unspecified atom stereocenters. The minimum Gasteiger partial charge on any atom is -0.355 e. The maximum absolute atomic E-state index is 11.3. The van der Waals surface area contributed by atoms with Crippen LogP contribution in [-0.2, 0) is 4.79 Å². The number of carbonyl (C=O) groups excluding carboxylic acids is 1. The predicted octanol–water partition coefficient (Wildman–Crippen LogP) is 1.17. The zero-order valence-corrected chi connectivity index (χ0v) is 9.57. The average Bonchev–Trinajstić information content (AvgIpc) is 2.30. The maximum Gasteiger partial charge on any atom is 0.220 e. The van der Waals surface area contributed by atoms with Crippen LogP contribution in [0.5, 0.6) is 0 Å². The molecule has 1 fully saturated rings. The summed E-state index contributed by atoms with van der Waals surface area (Å²) >= 11 is 0. The van der Waals surface area contributed by atoms with Crippen LogP contribution in [0.15, 0.2) is 24.3 Å². The molecule has 1 saturated heterocycles. The Bertz CT molecular complexity index is 372. The van der Waals surface area contributed by atoms with Gasteiger partial charge in [0.25, 0.3) is 0 Å². The fourth-order valence-electron chi connectivity index (χ4n) is 2.29. The lowest BCUT2D eigenvalue weighted by Gasteiger charge is -2.31. The van der Waals surface area contributed by atoms with E-state index in [1.54, 1.807) is 0 Å². The molecule has 1 amide bonds. The molecule has 1 aromatic carbocycles. The summed E-state index contributed by atoms with van der Waals surface area (Å²) in [5.41, 5.74) is 8.28. The van der Waals surface area contributed by atoms with Gasteiger partial charge >= 0.3 is 0 Å². The number of hydrogen-bond donors (Lipinski definition) is 2. The lowest BCUT2D eigenvalue weighted by Crippen LogP contribution is -2.42. The Morgan fingerprint density at radius 3 is 2.69 bits per heavy atom. The van der Waals surface area contributed by atoms with E-state index in [-0.39, 0.29) is 11.8 Å². The number of aryl methyl sites for hydroxylation is 1. The van der Waals surface area contributed by atoms with Crippen molar-refractivity contribution in [2.45, 2.75) is 19.3 Å². The molecule has 0 bridgehead atoms. The van der Waals surface area contributed by atoms with E-state index in [4.69, 9.17) is 5.73 Å². The van der Waals surface area contributed by atoms with Crippen LogP contribution in [0, 0.1) is 12.8 Å². The van der Waals surface area contributed by atoms with E-state index in [1.165, 1.54) is 11.1 Å². The lowest BCUT2D eigenvalue weighted by molar-refractivity contribution is -0.123. The highest BCUT2D eigenvalue weighted by atomic mass is 16.1. The fourth-order valence-corrected chi connectivity index (χ4v) is 2.29. The normalized spacial score (nSPS) is 25.2. The first kappa shape index (κ1) is 11.1. The molecule has 3 nitrogen and oxygen atoms in total. The molecule has 1 heterocycles. The molecule has 0 aromatic heterocycles. The van der Waals surface area contributed by atoms with Crippen molar-refractivity contribution in [2.75, 3.05) is 13.1 Å². The summed E-state index contributed by atoms with van der Waals surface area (Å²) in [4.78, 5) is 11.3. The van der Waals surface area contributed by atoms with Crippen LogP contribution in [0.25, 0.3) is 0 Å². The van der Waals surface area contributed by atoms with Crippen LogP contribution in [0.1, 0.15) is 23.5 Å². The summed E-state index contributed by atoms with van der Waals surface area (Å²) in [6, 6.07) is 8.50.